The van der Waals surface area contributed by atoms with Crippen LogP contribution in [0.15, 0.2) is 54.6 Å². The number of rotatable bonds is 6. The van der Waals surface area contributed by atoms with Gasteiger partial charge in [-0.05, 0) is 57.7 Å². The third-order valence-electron chi connectivity index (χ3n) is 4.03. The normalized spacial score (nSPS) is 12.3. The largest absolute Gasteiger partial charge is 0.350 e. The number of nitrogens with one attached hydrogen (secondary N) is 2. The molecule has 0 aliphatic carbocycles. The first-order valence-corrected chi connectivity index (χ1v) is 9.01. The zero-order chi connectivity index (χ0) is 19.2. The van der Waals surface area contributed by atoms with Crippen molar-refractivity contribution in [1.82, 2.24) is 10.6 Å². The molecule has 0 radical (unpaired) electrons. The van der Waals surface area contributed by atoms with Gasteiger partial charge in [-0.2, -0.15) is 0 Å². The number of carbonyl (C=O) groups is 2. The Morgan fingerprint density at radius 1 is 0.923 bits per heavy atom. The Hall–Kier alpha value is -2.62. The first-order valence-electron chi connectivity index (χ1n) is 9.01. The van der Waals surface area contributed by atoms with Gasteiger partial charge in [0.2, 0.25) is 5.91 Å². The van der Waals surface area contributed by atoms with Gasteiger partial charge in [0, 0.05) is 11.1 Å². The summed E-state index contributed by atoms with van der Waals surface area (Å²) < 4.78 is 0. The van der Waals surface area contributed by atoms with Gasteiger partial charge in [-0.15, -0.1) is 0 Å². The Labute approximate surface area is 156 Å². The Morgan fingerprint density at radius 2 is 1.54 bits per heavy atom. The van der Waals surface area contributed by atoms with E-state index in [4.69, 9.17) is 0 Å². The maximum absolute atomic E-state index is 12.7. The van der Waals surface area contributed by atoms with Crippen LogP contribution in [0.5, 0.6) is 0 Å². The van der Waals surface area contributed by atoms with Crippen LogP contribution in [0.1, 0.15) is 49.2 Å². The molecule has 1 unspecified atom stereocenters. The number of aryl methyl sites for hydroxylation is 2. The molecule has 0 aromatic heterocycles. The van der Waals surface area contributed by atoms with Crippen LogP contribution in [0.4, 0.5) is 0 Å². The van der Waals surface area contributed by atoms with Gasteiger partial charge < -0.3 is 10.6 Å². The number of hydrogen-bond donors (Lipinski definition) is 2. The fourth-order valence-electron chi connectivity index (χ4n) is 2.70. The van der Waals surface area contributed by atoms with Gasteiger partial charge >= 0.3 is 0 Å². The second-order valence-corrected chi connectivity index (χ2v) is 7.58. The fourth-order valence-corrected chi connectivity index (χ4v) is 2.70. The van der Waals surface area contributed by atoms with Crippen molar-refractivity contribution in [3.8, 4) is 0 Å². The van der Waals surface area contributed by atoms with E-state index in [-0.39, 0.29) is 17.4 Å². The molecule has 0 bridgehead atoms. The summed E-state index contributed by atoms with van der Waals surface area (Å²) in [7, 11) is 0. The summed E-state index contributed by atoms with van der Waals surface area (Å²) in [5.74, 6) is -0.405. The molecule has 4 nitrogen and oxygen atoms in total. The molecule has 2 amide bonds. The molecule has 4 heteroatoms. The van der Waals surface area contributed by atoms with E-state index in [1.165, 1.54) is 5.56 Å². The first kappa shape index (κ1) is 19.7. The molecule has 0 aliphatic rings. The summed E-state index contributed by atoms with van der Waals surface area (Å²) in [6, 6.07) is 17.2. The van der Waals surface area contributed by atoms with Gasteiger partial charge in [0.05, 0.1) is 0 Å². The number of benzene rings is 2. The molecular weight excluding hydrogens is 324 g/mol. The van der Waals surface area contributed by atoms with Crippen molar-refractivity contribution in [3.63, 3.8) is 0 Å². The zero-order valence-electron chi connectivity index (χ0n) is 16.0. The quantitative estimate of drug-likeness (QED) is 0.836. The third kappa shape index (κ3) is 6.03. The minimum atomic E-state index is -0.594. The van der Waals surface area contributed by atoms with E-state index in [1.807, 2.05) is 63.2 Å². The molecule has 0 saturated heterocycles. The molecule has 138 valence electrons. The number of amides is 2. The molecule has 0 heterocycles. The van der Waals surface area contributed by atoms with Crippen molar-refractivity contribution < 1.29 is 9.59 Å². The monoisotopic (exact) mass is 352 g/mol. The second kappa shape index (κ2) is 8.65. The maximum atomic E-state index is 12.7. The van der Waals surface area contributed by atoms with Crippen LogP contribution in [0, 0.1) is 0 Å². The van der Waals surface area contributed by atoms with Gasteiger partial charge in [0.15, 0.2) is 0 Å². The molecule has 2 rings (SSSR count). The van der Waals surface area contributed by atoms with Crippen molar-refractivity contribution in [1.29, 1.82) is 0 Å². The van der Waals surface area contributed by atoms with Crippen LogP contribution >= 0.6 is 0 Å². The predicted octanol–water partition coefficient (Wildman–Crippen LogP) is 3.50. The maximum Gasteiger partial charge on any atom is 0.252 e. The molecule has 0 aliphatic heterocycles. The topological polar surface area (TPSA) is 58.2 Å². The van der Waals surface area contributed by atoms with Crippen molar-refractivity contribution in [2.75, 3.05) is 0 Å². The number of carbonyl (C=O) groups excluding carboxylic acids is 2. The zero-order valence-corrected chi connectivity index (χ0v) is 16.0. The lowest BCUT2D eigenvalue weighted by Crippen LogP contribution is -2.50. The average molecular weight is 352 g/mol. The molecule has 26 heavy (non-hydrogen) atoms. The smallest absolute Gasteiger partial charge is 0.252 e. The van der Waals surface area contributed by atoms with Crippen molar-refractivity contribution in [2.24, 2.45) is 0 Å². The molecule has 2 N–H and O–H groups in total. The van der Waals surface area contributed by atoms with Crippen LogP contribution in [0.25, 0.3) is 0 Å². The predicted molar refractivity (Wildman–Crippen MR) is 105 cm³/mol. The molecule has 0 saturated carbocycles. The Balaban J connectivity index is 2.03. The van der Waals surface area contributed by atoms with E-state index in [1.54, 1.807) is 6.92 Å². The first-order chi connectivity index (χ1) is 12.3. The summed E-state index contributed by atoms with van der Waals surface area (Å²) in [6.45, 7) is 7.44. The van der Waals surface area contributed by atoms with E-state index in [0.29, 0.717) is 5.56 Å². The molecule has 0 fully saturated rings. The Morgan fingerprint density at radius 3 is 2.19 bits per heavy atom. The van der Waals surface area contributed by atoms with Gasteiger partial charge in [-0.1, -0.05) is 48.5 Å². The number of hydrogen-bond acceptors (Lipinski definition) is 2. The molecule has 2 aromatic rings. The lowest BCUT2D eigenvalue weighted by atomic mass is 9.99. The molecule has 0 spiro atoms. The van der Waals surface area contributed by atoms with Crippen molar-refractivity contribution in [3.05, 3.63) is 71.3 Å². The summed E-state index contributed by atoms with van der Waals surface area (Å²) >= 11 is 0. The molecular formula is C22H28N2O2. The van der Waals surface area contributed by atoms with Crippen LogP contribution in [0.2, 0.25) is 0 Å². The van der Waals surface area contributed by atoms with Crippen LogP contribution in [0.3, 0.4) is 0 Å². The summed E-state index contributed by atoms with van der Waals surface area (Å²) in [5, 5.41) is 5.69. The Kier molecular flexibility index (Phi) is 6.56. The minimum Gasteiger partial charge on any atom is -0.350 e. The third-order valence-corrected chi connectivity index (χ3v) is 4.03. The van der Waals surface area contributed by atoms with E-state index in [0.717, 1.165) is 18.4 Å². The summed E-state index contributed by atoms with van der Waals surface area (Å²) in [4.78, 5) is 24.9. The highest BCUT2D eigenvalue weighted by molar-refractivity contribution is 5.98. The van der Waals surface area contributed by atoms with E-state index in [9.17, 15) is 9.59 Å². The highest BCUT2D eigenvalue weighted by Gasteiger charge is 2.22. The van der Waals surface area contributed by atoms with Gasteiger partial charge in [0.1, 0.15) is 6.04 Å². The fraction of sp³-hybridized carbons (Fsp3) is 0.364. The van der Waals surface area contributed by atoms with Crippen molar-refractivity contribution in [2.45, 2.75) is 52.1 Å². The average Bonchev–Trinajstić information content (AvgIpc) is 2.59. The van der Waals surface area contributed by atoms with Gasteiger partial charge in [0.25, 0.3) is 5.91 Å². The SMILES string of the molecule is CC(NC(=O)c1ccccc1CCc1ccccc1)C(=O)NC(C)(C)C. The lowest BCUT2D eigenvalue weighted by molar-refractivity contribution is -0.124. The van der Waals surface area contributed by atoms with Gasteiger partial charge in [-0.25, -0.2) is 0 Å². The summed E-state index contributed by atoms with van der Waals surface area (Å²) in [6.07, 6.45) is 1.64. The lowest BCUT2D eigenvalue weighted by Gasteiger charge is -2.24. The summed E-state index contributed by atoms with van der Waals surface area (Å²) in [5.41, 5.74) is 2.51. The van der Waals surface area contributed by atoms with E-state index < -0.39 is 6.04 Å². The minimum absolute atomic E-state index is 0.187. The Bertz CT molecular complexity index is 748. The standard InChI is InChI=1S/C22H28N2O2/c1-16(20(25)24-22(2,3)4)23-21(26)19-13-9-8-12-18(19)15-14-17-10-6-5-7-11-17/h5-13,16H,14-15H2,1-4H3,(H,23,26)(H,24,25). The highest BCUT2D eigenvalue weighted by Crippen LogP contribution is 2.13. The van der Waals surface area contributed by atoms with Crippen molar-refractivity contribution >= 4 is 11.8 Å². The van der Waals surface area contributed by atoms with E-state index >= 15 is 0 Å². The van der Waals surface area contributed by atoms with Crippen LogP contribution < -0.4 is 10.6 Å². The molecule has 2 aromatic carbocycles. The highest BCUT2D eigenvalue weighted by atomic mass is 16.2. The van der Waals surface area contributed by atoms with E-state index in [2.05, 4.69) is 22.8 Å². The second-order valence-electron chi connectivity index (χ2n) is 7.58. The van der Waals surface area contributed by atoms with Crippen LogP contribution in [-0.2, 0) is 17.6 Å². The van der Waals surface area contributed by atoms with Gasteiger partial charge in [-0.3, -0.25) is 9.59 Å². The molecule has 1 atom stereocenters. The van der Waals surface area contributed by atoms with Crippen LogP contribution in [-0.4, -0.2) is 23.4 Å².